The number of carbonyl (C=O) groups excluding carboxylic acids is 2. The average Bonchev–Trinajstić information content (AvgIpc) is 2.76. The third-order valence-electron chi connectivity index (χ3n) is 4.50. The van der Waals surface area contributed by atoms with E-state index in [0.717, 1.165) is 0 Å². The minimum Gasteiger partial charge on any atom is -0.354 e. The molecule has 0 radical (unpaired) electrons. The van der Waals surface area contributed by atoms with Crippen molar-refractivity contribution in [2.45, 2.75) is 6.42 Å². The van der Waals surface area contributed by atoms with Crippen LogP contribution < -0.4 is 10.6 Å². The first-order chi connectivity index (χ1) is 14.6. The Morgan fingerprint density at radius 1 is 0.867 bits per heavy atom. The molecule has 3 aromatic carbocycles. The Bertz CT molecular complexity index is 1110. The molecule has 3 aromatic rings. The zero-order valence-corrected chi connectivity index (χ0v) is 16.2. The molecule has 30 heavy (non-hydrogen) atoms. The van der Waals surface area contributed by atoms with E-state index in [-0.39, 0.29) is 37.1 Å². The third kappa shape index (κ3) is 5.30. The lowest BCUT2D eigenvalue weighted by Crippen LogP contribution is -2.35. The Kier molecular flexibility index (Phi) is 6.91. The molecule has 0 spiro atoms. The van der Waals surface area contributed by atoms with Crippen molar-refractivity contribution >= 4 is 11.8 Å². The fourth-order valence-electron chi connectivity index (χ4n) is 3.10. The first-order valence-corrected chi connectivity index (χ1v) is 9.46. The molecule has 3 rings (SSSR count). The summed E-state index contributed by atoms with van der Waals surface area (Å²) in [6.07, 6.45) is 0.0689. The third-order valence-corrected chi connectivity index (χ3v) is 4.50. The molecule has 0 aromatic heterocycles. The summed E-state index contributed by atoms with van der Waals surface area (Å²) in [5, 5.41) is 14.8. The SMILES string of the molecule is N#Cc1ccccc1-c1ccccc1C(=O)NCCNC(=O)Cc1cccc(F)c1. The largest absolute Gasteiger partial charge is 0.354 e. The second kappa shape index (κ2) is 9.99. The van der Waals surface area contributed by atoms with Crippen LogP contribution in [0.4, 0.5) is 4.39 Å². The molecular weight excluding hydrogens is 381 g/mol. The summed E-state index contributed by atoms with van der Waals surface area (Å²) >= 11 is 0. The van der Waals surface area contributed by atoms with Gasteiger partial charge in [0.15, 0.2) is 0 Å². The molecule has 0 aliphatic carbocycles. The van der Waals surface area contributed by atoms with Gasteiger partial charge in [-0.2, -0.15) is 5.26 Å². The van der Waals surface area contributed by atoms with E-state index in [0.29, 0.717) is 27.8 Å². The molecule has 0 aliphatic rings. The molecule has 0 saturated heterocycles. The van der Waals surface area contributed by atoms with E-state index in [2.05, 4.69) is 16.7 Å². The molecule has 2 N–H and O–H groups in total. The highest BCUT2D eigenvalue weighted by molar-refractivity contribution is 6.01. The maximum atomic E-state index is 13.2. The first kappa shape index (κ1) is 20.7. The number of amides is 2. The minimum absolute atomic E-state index is 0.0689. The Balaban J connectivity index is 1.57. The van der Waals surface area contributed by atoms with Gasteiger partial charge in [-0.15, -0.1) is 0 Å². The van der Waals surface area contributed by atoms with E-state index in [1.54, 1.807) is 48.5 Å². The van der Waals surface area contributed by atoms with Crippen molar-refractivity contribution < 1.29 is 14.0 Å². The van der Waals surface area contributed by atoms with Crippen LogP contribution in [0.1, 0.15) is 21.5 Å². The van der Waals surface area contributed by atoms with Crippen molar-refractivity contribution in [2.24, 2.45) is 0 Å². The fraction of sp³-hybridized carbons (Fsp3) is 0.125. The zero-order valence-electron chi connectivity index (χ0n) is 16.2. The topological polar surface area (TPSA) is 82.0 Å². The predicted molar refractivity (Wildman–Crippen MR) is 112 cm³/mol. The van der Waals surface area contributed by atoms with Gasteiger partial charge in [0.2, 0.25) is 5.91 Å². The number of halogens is 1. The van der Waals surface area contributed by atoms with Crippen LogP contribution in [0.2, 0.25) is 0 Å². The summed E-state index contributed by atoms with van der Waals surface area (Å²) in [6.45, 7) is 0.485. The lowest BCUT2D eigenvalue weighted by Gasteiger charge is -2.12. The summed E-state index contributed by atoms with van der Waals surface area (Å²) in [5.41, 5.74) is 2.88. The van der Waals surface area contributed by atoms with Crippen LogP contribution in [0.25, 0.3) is 11.1 Å². The van der Waals surface area contributed by atoms with Gasteiger partial charge in [0.05, 0.1) is 18.1 Å². The summed E-state index contributed by atoms with van der Waals surface area (Å²) in [7, 11) is 0. The number of hydrogen-bond donors (Lipinski definition) is 2. The molecule has 0 atom stereocenters. The van der Waals surface area contributed by atoms with Gasteiger partial charge in [-0.3, -0.25) is 9.59 Å². The van der Waals surface area contributed by atoms with Crippen molar-refractivity contribution in [1.29, 1.82) is 5.26 Å². The highest BCUT2D eigenvalue weighted by Crippen LogP contribution is 2.26. The Morgan fingerprint density at radius 2 is 1.57 bits per heavy atom. The quantitative estimate of drug-likeness (QED) is 0.595. The van der Waals surface area contributed by atoms with Crippen LogP contribution in [0.5, 0.6) is 0 Å². The van der Waals surface area contributed by atoms with Crippen LogP contribution in [0.15, 0.2) is 72.8 Å². The summed E-state index contributed by atoms with van der Waals surface area (Å²) < 4.78 is 13.2. The van der Waals surface area contributed by atoms with E-state index in [4.69, 9.17) is 0 Å². The summed E-state index contributed by atoms with van der Waals surface area (Å²) in [4.78, 5) is 24.6. The normalized spacial score (nSPS) is 10.1. The van der Waals surface area contributed by atoms with Crippen molar-refractivity contribution in [1.82, 2.24) is 10.6 Å². The standard InChI is InChI=1S/C24H20FN3O2/c25-19-8-5-6-17(14-19)15-23(29)27-12-13-28-24(30)22-11-4-3-10-21(22)20-9-2-1-7-18(20)16-26/h1-11,14H,12-13,15H2,(H,27,29)(H,28,30). The van der Waals surface area contributed by atoms with Crippen molar-refractivity contribution in [2.75, 3.05) is 13.1 Å². The Hall–Kier alpha value is -3.98. The van der Waals surface area contributed by atoms with E-state index in [1.165, 1.54) is 12.1 Å². The van der Waals surface area contributed by atoms with Gasteiger partial charge in [-0.25, -0.2) is 4.39 Å². The average molecular weight is 401 g/mol. The molecule has 0 unspecified atom stereocenters. The Morgan fingerprint density at radius 3 is 2.33 bits per heavy atom. The molecule has 5 nitrogen and oxygen atoms in total. The van der Waals surface area contributed by atoms with Gasteiger partial charge in [-0.1, -0.05) is 48.5 Å². The van der Waals surface area contributed by atoms with Crippen LogP contribution in [0, 0.1) is 17.1 Å². The number of nitrogens with zero attached hydrogens (tertiary/aromatic N) is 1. The summed E-state index contributed by atoms with van der Waals surface area (Å²) in [5.74, 6) is -0.930. The highest BCUT2D eigenvalue weighted by Gasteiger charge is 2.14. The highest BCUT2D eigenvalue weighted by atomic mass is 19.1. The van der Waals surface area contributed by atoms with E-state index < -0.39 is 0 Å². The molecular formula is C24H20FN3O2. The van der Waals surface area contributed by atoms with Gasteiger partial charge >= 0.3 is 0 Å². The van der Waals surface area contributed by atoms with Gasteiger partial charge in [0.25, 0.3) is 5.91 Å². The number of nitriles is 1. The molecule has 0 fully saturated rings. The van der Waals surface area contributed by atoms with E-state index in [9.17, 15) is 19.2 Å². The number of hydrogen-bond acceptors (Lipinski definition) is 3. The van der Waals surface area contributed by atoms with Gasteiger partial charge in [0, 0.05) is 24.2 Å². The lowest BCUT2D eigenvalue weighted by molar-refractivity contribution is -0.120. The van der Waals surface area contributed by atoms with Gasteiger partial charge in [0.1, 0.15) is 5.82 Å². The molecule has 0 saturated carbocycles. The molecule has 150 valence electrons. The van der Waals surface area contributed by atoms with Crippen LogP contribution in [-0.4, -0.2) is 24.9 Å². The van der Waals surface area contributed by atoms with Gasteiger partial charge < -0.3 is 10.6 Å². The minimum atomic E-state index is -0.385. The lowest BCUT2D eigenvalue weighted by atomic mass is 9.95. The monoisotopic (exact) mass is 401 g/mol. The van der Waals surface area contributed by atoms with Crippen LogP contribution in [-0.2, 0) is 11.2 Å². The number of benzene rings is 3. The predicted octanol–water partition coefficient (Wildman–Crippen LogP) is 3.45. The summed E-state index contributed by atoms with van der Waals surface area (Å²) in [6, 6.07) is 22.2. The molecule has 2 amide bonds. The smallest absolute Gasteiger partial charge is 0.251 e. The maximum absolute atomic E-state index is 13.2. The molecule has 0 bridgehead atoms. The first-order valence-electron chi connectivity index (χ1n) is 9.46. The number of rotatable bonds is 7. The van der Waals surface area contributed by atoms with Crippen LogP contribution >= 0.6 is 0 Å². The Labute approximate surface area is 174 Å². The number of carbonyl (C=O) groups is 2. The van der Waals surface area contributed by atoms with E-state index >= 15 is 0 Å². The second-order valence-electron chi connectivity index (χ2n) is 6.62. The van der Waals surface area contributed by atoms with Crippen molar-refractivity contribution in [3.63, 3.8) is 0 Å². The molecule has 6 heteroatoms. The molecule has 0 aliphatic heterocycles. The van der Waals surface area contributed by atoms with Crippen molar-refractivity contribution in [3.8, 4) is 17.2 Å². The van der Waals surface area contributed by atoms with Crippen LogP contribution in [0.3, 0.4) is 0 Å². The fourth-order valence-corrected chi connectivity index (χ4v) is 3.10. The van der Waals surface area contributed by atoms with Crippen molar-refractivity contribution in [3.05, 3.63) is 95.3 Å². The number of nitrogens with one attached hydrogen (secondary N) is 2. The van der Waals surface area contributed by atoms with E-state index in [1.807, 2.05) is 12.1 Å². The second-order valence-corrected chi connectivity index (χ2v) is 6.62. The zero-order chi connectivity index (χ0) is 21.3. The molecule has 0 heterocycles. The maximum Gasteiger partial charge on any atom is 0.251 e. The van der Waals surface area contributed by atoms with Gasteiger partial charge in [-0.05, 0) is 35.4 Å².